The van der Waals surface area contributed by atoms with Crippen molar-refractivity contribution in [3.8, 4) is 11.3 Å². The Morgan fingerprint density at radius 2 is 1.88 bits per heavy atom. The van der Waals surface area contributed by atoms with Crippen LogP contribution in [0, 0.1) is 0 Å². The van der Waals surface area contributed by atoms with Gasteiger partial charge in [0, 0.05) is 41.7 Å². The summed E-state index contributed by atoms with van der Waals surface area (Å²) < 4.78 is 4.41. The van der Waals surface area contributed by atoms with Gasteiger partial charge in [-0.25, -0.2) is 9.97 Å². The third-order valence-electron chi connectivity index (χ3n) is 4.85. The van der Waals surface area contributed by atoms with Gasteiger partial charge in [-0.2, -0.15) is 0 Å². The van der Waals surface area contributed by atoms with Crippen LogP contribution in [-0.4, -0.2) is 46.1 Å². The van der Waals surface area contributed by atoms with Gasteiger partial charge in [0.2, 0.25) is 0 Å². The maximum atomic E-state index is 11.4. The number of hydrogen-bond acceptors (Lipinski definition) is 6. The standard InChI is InChI=1S/C24H26ClN3O3S.ClH/c1-24(2,23(29)30)32-20-9-7-17(8-10-20)15-28(11-12-31-3)22-14-21(26-16-27-22)18-5-4-6-19(25)13-18;/h4-10,13-14,16H,11-12,15H2,1-3H3,(H,29,30);1H. The van der Waals surface area contributed by atoms with E-state index in [4.69, 9.17) is 16.3 Å². The Morgan fingerprint density at radius 3 is 2.52 bits per heavy atom. The molecule has 0 aliphatic heterocycles. The highest BCUT2D eigenvalue weighted by Crippen LogP contribution is 2.33. The topological polar surface area (TPSA) is 75.5 Å². The Kier molecular flexibility index (Phi) is 9.98. The van der Waals surface area contributed by atoms with E-state index in [0.29, 0.717) is 24.7 Å². The Labute approximate surface area is 209 Å². The fourth-order valence-electron chi connectivity index (χ4n) is 3.02. The van der Waals surface area contributed by atoms with E-state index in [1.54, 1.807) is 27.3 Å². The minimum absolute atomic E-state index is 0. The van der Waals surface area contributed by atoms with Crippen LogP contribution in [0.25, 0.3) is 11.3 Å². The second kappa shape index (κ2) is 12.2. The molecule has 6 nitrogen and oxygen atoms in total. The first-order chi connectivity index (χ1) is 15.3. The maximum absolute atomic E-state index is 11.4. The quantitative estimate of drug-likeness (QED) is 0.346. The van der Waals surface area contributed by atoms with Gasteiger partial charge in [0.15, 0.2) is 0 Å². The molecule has 0 atom stereocenters. The number of carboxylic acid groups (broad SMARTS) is 1. The van der Waals surface area contributed by atoms with Gasteiger partial charge in [0.05, 0.1) is 12.3 Å². The molecule has 0 spiro atoms. The van der Waals surface area contributed by atoms with Gasteiger partial charge in [-0.3, -0.25) is 4.79 Å². The lowest BCUT2D eigenvalue weighted by Gasteiger charge is -2.24. The summed E-state index contributed by atoms with van der Waals surface area (Å²) in [6.45, 7) is 5.24. The van der Waals surface area contributed by atoms with Crippen molar-refractivity contribution in [2.75, 3.05) is 25.2 Å². The van der Waals surface area contributed by atoms with Crippen molar-refractivity contribution in [2.45, 2.75) is 30.0 Å². The van der Waals surface area contributed by atoms with Crippen LogP contribution in [0.1, 0.15) is 19.4 Å². The van der Waals surface area contributed by atoms with E-state index >= 15 is 0 Å². The summed E-state index contributed by atoms with van der Waals surface area (Å²) in [7, 11) is 1.67. The van der Waals surface area contributed by atoms with E-state index in [-0.39, 0.29) is 12.4 Å². The average molecular weight is 508 g/mol. The van der Waals surface area contributed by atoms with Crippen molar-refractivity contribution in [1.29, 1.82) is 0 Å². The number of aliphatic carboxylic acids is 1. The van der Waals surface area contributed by atoms with Gasteiger partial charge >= 0.3 is 5.97 Å². The van der Waals surface area contributed by atoms with Crippen LogP contribution in [0.5, 0.6) is 0 Å². The molecular weight excluding hydrogens is 481 g/mol. The van der Waals surface area contributed by atoms with Crippen LogP contribution < -0.4 is 4.90 Å². The first-order valence-electron chi connectivity index (χ1n) is 10.1. The minimum Gasteiger partial charge on any atom is -0.480 e. The van der Waals surface area contributed by atoms with Crippen LogP contribution in [0.3, 0.4) is 0 Å². The highest BCUT2D eigenvalue weighted by molar-refractivity contribution is 8.01. The number of ether oxygens (including phenoxy) is 1. The van der Waals surface area contributed by atoms with Crippen LogP contribution in [0.15, 0.2) is 65.8 Å². The van der Waals surface area contributed by atoms with Crippen molar-refractivity contribution in [3.63, 3.8) is 0 Å². The predicted molar refractivity (Wildman–Crippen MR) is 137 cm³/mol. The Hall–Kier alpha value is -2.32. The van der Waals surface area contributed by atoms with Crippen molar-refractivity contribution in [1.82, 2.24) is 9.97 Å². The number of thioether (sulfide) groups is 1. The lowest BCUT2D eigenvalue weighted by atomic mass is 10.1. The van der Waals surface area contributed by atoms with Crippen molar-refractivity contribution >= 4 is 47.6 Å². The van der Waals surface area contributed by atoms with Crippen LogP contribution in [0.2, 0.25) is 5.02 Å². The highest BCUT2D eigenvalue weighted by atomic mass is 35.5. The predicted octanol–water partition coefficient (Wildman–Crippen LogP) is 5.83. The molecule has 1 N–H and O–H groups in total. The van der Waals surface area contributed by atoms with Crippen LogP contribution >= 0.6 is 35.8 Å². The molecule has 9 heteroatoms. The van der Waals surface area contributed by atoms with E-state index in [0.717, 1.165) is 27.5 Å². The number of halogens is 2. The van der Waals surface area contributed by atoms with Gasteiger partial charge in [-0.1, -0.05) is 35.9 Å². The largest absolute Gasteiger partial charge is 0.480 e. The summed E-state index contributed by atoms with van der Waals surface area (Å²) in [5, 5.41) is 10.0. The third-order valence-corrected chi connectivity index (χ3v) is 6.28. The van der Waals surface area contributed by atoms with Crippen LogP contribution in [0.4, 0.5) is 5.82 Å². The summed E-state index contributed by atoms with van der Waals surface area (Å²) in [5.41, 5.74) is 2.80. The molecule has 2 aromatic carbocycles. The minimum atomic E-state index is -0.885. The Morgan fingerprint density at radius 1 is 1.15 bits per heavy atom. The maximum Gasteiger partial charge on any atom is 0.319 e. The molecule has 0 radical (unpaired) electrons. The van der Waals surface area contributed by atoms with Gasteiger partial charge in [-0.05, 0) is 43.7 Å². The summed E-state index contributed by atoms with van der Waals surface area (Å²) in [5.74, 6) is -0.0472. The Balaban J connectivity index is 0.00000385. The van der Waals surface area contributed by atoms with Crippen molar-refractivity contribution in [2.24, 2.45) is 0 Å². The fraction of sp³-hybridized carbons (Fsp3) is 0.292. The first-order valence-corrected chi connectivity index (χ1v) is 11.3. The highest BCUT2D eigenvalue weighted by Gasteiger charge is 2.28. The number of rotatable bonds is 10. The average Bonchev–Trinajstić information content (AvgIpc) is 2.77. The van der Waals surface area contributed by atoms with Crippen molar-refractivity contribution < 1.29 is 14.6 Å². The molecule has 0 bridgehead atoms. The van der Waals surface area contributed by atoms with E-state index in [2.05, 4.69) is 14.9 Å². The summed E-state index contributed by atoms with van der Waals surface area (Å²) in [6.07, 6.45) is 1.55. The number of aromatic nitrogens is 2. The molecular formula is C24H27Cl2N3O3S. The zero-order valence-electron chi connectivity index (χ0n) is 18.7. The number of carboxylic acids is 1. The van der Waals surface area contributed by atoms with Crippen molar-refractivity contribution in [3.05, 3.63) is 71.5 Å². The molecule has 1 aromatic heterocycles. The normalized spacial score (nSPS) is 11.0. The van der Waals surface area contributed by atoms with Gasteiger partial charge in [-0.15, -0.1) is 24.2 Å². The molecule has 3 rings (SSSR count). The molecule has 3 aromatic rings. The monoisotopic (exact) mass is 507 g/mol. The SMILES string of the molecule is COCCN(Cc1ccc(SC(C)(C)C(=O)O)cc1)c1cc(-c2cccc(Cl)c2)ncn1.Cl. The molecule has 0 saturated heterocycles. The molecule has 0 amide bonds. The smallest absolute Gasteiger partial charge is 0.319 e. The fourth-order valence-corrected chi connectivity index (χ4v) is 4.16. The summed E-state index contributed by atoms with van der Waals surface area (Å²) in [4.78, 5) is 23.3. The number of anilines is 1. The molecule has 0 saturated carbocycles. The van der Waals surface area contributed by atoms with Gasteiger partial charge in [0.1, 0.15) is 16.9 Å². The molecule has 1 heterocycles. The zero-order valence-corrected chi connectivity index (χ0v) is 21.1. The summed E-state index contributed by atoms with van der Waals surface area (Å²) in [6, 6.07) is 17.5. The molecule has 176 valence electrons. The molecule has 0 unspecified atom stereocenters. The van der Waals surface area contributed by atoms with E-state index < -0.39 is 10.7 Å². The second-order valence-corrected chi connectivity index (χ2v) is 9.88. The number of methoxy groups -OCH3 is 1. The van der Waals surface area contributed by atoms with Gasteiger partial charge < -0.3 is 14.7 Å². The van der Waals surface area contributed by atoms with E-state index in [9.17, 15) is 9.90 Å². The lowest BCUT2D eigenvalue weighted by molar-refractivity contribution is -0.138. The number of hydrogen-bond donors (Lipinski definition) is 1. The van der Waals surface area contributed by atoms with E-state index in [1.165, 1.54) is 11.8 Å². The lowest BCUT2D eigenvalue weighted by Crippen LogP contribution is -2.28. The van der Waals surface area contributed by atoms with Crippen LogP contribution in [-0.2, 0) is 16.1 Å². The summed E-state index contributed by atoms with van der Waals surface area (Å²) >= 11 is 7.47. The molecule has 0 fully saturated rings. The molecule has 33 heavy (non-hydrogen) atoms. The van der Waals surface area contributed by atoms with E-state index in [1.807, 2.05) is 54.6 Å². The Bertz CT molecular complexity index is 1060. The van der Waals surface area contributed by atoms with Gasteiger partial charge in [0.25, 0.3) is 0 Å². The molecule has 0 aliphatic rings. The zero-order chi connectivity index (χ0) is 23.1. The number of carbonyl (C=O) groups is 1. The molecule has 0 aliphatic carbocycles. The third kappa shape index (κ3) is 7.61. The number of benzene rings is 2. The number of nitrogens with zero attached hydrogens (tertiary/aromatic N) is 3. The first kappa shape index (κ1) is 26.9. The second-order valence-electron chi connectivity index (χ2n) is 7.75.